The van der Waals surface area contributed by atoms with E-state index in [0.29, 0.717) is 29.9 Å². The number of aryl methyl sites for hydroxylation is 2. The SMILES string of the molecule is CC[C@@H](CNC(=O)c1ccc2c(c1)nc(C)c(=O)n2CC)c1ccccc1. The Morgan fingerprint density at radius 1 is 1.15 bits per heavy atom. The molecular weight excluding hydrogens is 338 g/mol. The molecule has 5 nitrogen and oxygen atoms in total. The minimum absolute atomic E-state index is 0.0872. The second-order valence-electron chi connectivity index (χ2n) is 6.68. The number of nitrogens with zero attached hydrogens (tertiary/aromatic N) is 2. The molecule has 0 saturated carbocycles. The van der Waals surface area contributed by atoms with Crippen molar-refractivity contribution in [2.24, 2.45) is 0 Å². The van der Waals surface area contributed by atoms with Crippen LogP contribution in [0.2, 0.25) is 0 Å². The zero-order chi connectivity index (χ0) is 19.4. The molecule has 0 saturated heterocycles. The molecule has 1 aromatic heterocycles. The Kier molecular flexibility index (Phi) is 5.69. The van der Waals surface area contributed by atoms with E-state index in [1.165, 1.54) is 5.56 Å². The van der Waals surface area contributed by atoms with E-state index in [1.54, 1.807) is 29.7 Å². The van der Waals surface area contributed by atoms with Gasteiger partial charge in [0.1, 0.15) is 5.69 Å². The molecule has 1 amide bonds. The molecule has 0 unspecified atom stereocenters. The first kappa shape index (κ1) is 18.8. The van der Waals surface area contributed by atoms with Gasteiger partial charge >= 0.3 is 0 Å². The van der Waals surface area contributed by atoms with Crippen molar-refractivity contribution in [2.45, 2.75) is 39.7 Å². The Bertz CT molecular complexity index is 1010. The molecule has 2 aromatic carbocycles. The number of carbonyl (C=O) groups is 1. The highest BCUT2D eigenvalue weighted by atomic mass is 16.1. The molecule has 5 heteroatoms. The number of aromatic nitrogens is 2. The molecule has 0 radical (unpaired) electrons. The summed E-state index contributed by atoms with van der Waals surface area (Å²) < 4.78 is 1.68. The summed E-state index contributed by atoms with van der Waals surface area (Å²) in [5, 5.41) is 3.03. The van der Waals surface area contributed by atoms with Crippen LogP contribution in [0.4, 0.5) is 0 Å². The van der Waals surface area contributed by atoms with Crippen molar-refractivity contribution >= 4 is 16.9 Å². The predicted octanol–water partition coefficient (Wildman–Crippen LogP) is 3.65. The maximum absolute atomic E-state index is 12.6. The zero-order valence-electron chi connectivity index (χ0n) is 16.0. The van der Waals surface area contributed by atoms with Crippen molar-refractivity contribution in [1.82, 2.24) is 14.9 Å². The highest BCUT2D eigenvalue weighted by Gasteiger charge is 2.14. The lowest BCUT2D eigenvalue weighted by molar-refractivity contribution is 0.0951. The molecule has 0 bridgehead atoms. The van der Waals surface area contributed by atoms with Crippen LogP contribution in [0.3, 0.4) is 0 Å². The van der Waals surface area contributed by atoms with Gasteiger partial charge in [0.2, 0.25) is 0 Å². The summed E-state index contributed by atoms with van der Waals surface area (Å²) in [6.45, 7) is 6.90. The molecule has 1 heterocycles. The molecular formula is C22H25N3O2. The van der Waals surface area contributed by atoms with E-state index in [0.717, 1.165) is 11.9 Å². The van der Waals surface area contributed by atoms with Gasteiger partial charge in [-0.3, -0.25) is 9.59 Å². The zero-order valence-corrected chi connectivity index (χ0v) is 16.0. The highest BCUT2D eigenvalue weighted by Crippen LogP contribution is 2.19. The van der Waals surface area contributed by atoms with Gasteiger partial charge in [0.25, 0.3) is 11.5 Å². The number of hydrogen-bond acceptors (Lipinski definition) is 3. The van der Waals surface area contributed by atoms with E-state index in [9.17, 15) is 9.59 Å². The van der Waals surface area contributed by atoms with E-state index < -0.39 is 0 Å². The van der Waals surface area contributed by atoms with Crippen molar-refractivity contribution in [3.05, 3.63) is 75.7 Å². The lowest BCUT2D eigenvalue weighted by Crippen LogP contribution is -2.28. The summed E-state index contributed by atoms with van der Waals surface area (Å²) >= 11 is 0. The van der Waals surface area contributed by atoms with Crippen LogP contribution in [0.15, 0.2) is 53.3 Å². The van der Waals surface area contributed by atoms with Crippen LogP contribution >= 0.6 is 0 Å². The van der Waals surface area contributed by atoms with Crippen molar-refractivity contribution < 1.29 is 4.79 Å². The number of benzene rings is 2. The summed E-state index contributed by atoms with van der Waals surface area (Å²) in [5.74, 6) is 0.154. The second-order valence-corrected chi connectivity index (χ2v) is 6.68. The molecule has 0 aliphatic rings. The number of hydrogen-bond donors (Lipinski definition) is 1. The van der Waals surface area contributed by atoms with E-state index in [-0.39, 0.29) is 17.4 Å². The molecule has 0 spiro atoms. The predicted molar refractivity (Wildman–Crippen MR) is 108 cm³/mol. The maximum atomic E-state index is 12.6. The van der Waals surface area contributed by atoms with Gasteiger partial charge in [-0.25, -0.2) is 4.98 Å². The third kappa shape index (κ3) is 3.92. The van der Waals surface area contributed by atoms with Crippen LogP contribution in [0.5, 0.6) is 0 Å². The van der Waals surface area contributed by atoms with E-state index in [4.69, 9.17) is 0 Å². The molecule has 1 N–H and O–H groups in total. The third-order valence-electron chi connectivity index (χ3n) is 4.96. The fourth-order valence-electron chi connectivity index (χ4n) is 3.37. The minimum Gasteiger partial charge on any atom is -0.351 e. The van der Waals surface area contributed by atoms with E-state index in [1.807, 2.05) is 25.1 Å². The van der Waals surface area contributed by atoms with Gasteiger partial charge in [-0.1, -0.05) is 37.3 Å². The third-order valence-corrected chi connectivity index (χ3v) is 4.96. The Morgan fingerprint density at radius 3 is 2.56 bits per heavy atom. The Labute approximate surface area is 159 Å². The summed E-state index contributed by atoms with van der Waals surface area (Å²) in [6, 6.07) is 15.5. The van der Waals surface area contributed by atoms with Crippen molar-refractivity contribution in [3.63, 3.8) is 0 Å². The van der Waals surface area contributed by atoms with Gasteiger partial charge < -0.3 is 9.88 Å². The Balaban J connectivity index is 1.81. The topological polar surface area (TPSA) is 64.0 Å². The standard InChI is InChI=1S/C22H25N3O2/c1-4-16(17-9-7-6-8-10-17)14-23-21(26)18-11-12-20-19(13-18)24-15(3)22(27)25(20)5-2/h6-13,16H,4-5,14H2,1-3H3,(H,23,26)/t16-/m0/s1. The number of nitrogens with one attached hydrogen (secondary N) is 1. The average molecular weight is 363 g/mol. The van der Waals surface area contributed by atoms with Gasteiger partial charge in [-0.2, -0.15) is 0 Å². The molecule has 0 aliphatic carbocycles. The molecule has 0 aliphatic heterocycles. The van der Waals surface area contributed by atoms with Gasteiger partial charge in [0.05, 0.1) is 11.0 Å². The normalized spacial score (nSPS) is 12.1. The summed E-state index contributed by atoms with van der Waals surface area (Å²) in [6.07, 6.45) is 0.950. The van der Waals surface area contributed by atoms with Crippen LogP contribution in [0, 0.1) is 6.92 Å². The van der Waals surface area contributed by atoms with Crippen LogP contribution in [-0.2, 0) is 6.54 Å². The van der Waals surface area contributed by atoms with Gasteiger partial charge in [-0.05, 0) is 44.0 Å². The first-order chi connectivity index (χ1) is 13.0. The Hall–Kier alpha value is -2.95. The lowest BCUT2D eigenvalue weighted by Gasteiger charge is -2.16. The first-order valence-corrected chi connectivity index (χ1v) is 9.39. The monoisotopic (exact) mass is 363 g/mol. The van der Waals surface area contributed by atoms with E-state index >= 15 is 0 Å². The van der Waals surface area contributed by atoms with Crippen LogP contribution < -0.4 is 10.9 Å². The average Bonchev–Trinajstić information content (AvgIpc) is 2.70. The van der Waals surface area contributed by atoms with Crippen molar-refractivity contribution in [1.29, 1.82) is 0 Å². The van der Waals surface area contributed by atoms with Crippen LogP contribution in [0.25, 0.3) is 11.0 Å². The van der Waals surface area contributed by atoms with Gasteiger partial charge in [0.15, 0.2) is 0 Å². The summed E-state index contributed by atoms with van der Waals surface area (Å²) in [7, 11) is 0. The number of fused-ring (bicyclic) bond motifs is 1. The number of rotatable bonds is 6. The van der Waals surface area contributed by atoms with Gasteiger partial charge in [-0.15, -0.1) is 0 Å². The number of carbonyl (C=O) groups excluding carboxylic acids is 1. The maximum Gasteiger partial charge on any atom is 0.272 e. The lowest BCUT2D eigenvalue weighted by atomic mass is 9.96. The largest absolute Gasteiger partial charge is 0.351 e. The number of amides is 1. The summed E-state index contributed by atoms with van der Waals surface area (Å²) in [4.78, 5) is 29.2. The van der Waals surface area contributed by atoms with Crippen molar-refractivity contribution in [3.8, 4) is 0 Å². The molecule has 3 aromatic rings. The summed E-state index contributed by atoms with van der Waals surface area (Å²) in [5.41, 5.74) is 3.55. The molecule has 1 atom stereocenters. The molecule has 0 fully saturated rings. The molecule has 3 rings (SSSR count). The molecule has 27 heavy (non-hydrogen) atoms. The fraction of sp³-hybridized carbons (Fsp3) is 0.318. The second kappa shape index (κ2) is 8.16. The molecule has 140 valence electrons. The van der Waals surface area contributed by atoms with Crippen molar-refractivity contribution in [2.75, 3.05) is 6.54 Å². The van der Waals surface area contributed by atoms with Crippen LogP contribution in [0.1, 0.15) is 47.8 Å². The fourth-order valence-corrected chi connectivity index (χ4v) is 3.37. The van der Waals surface area contributed by atoms with Crippen LogP contribution in [-0.4, -0.2) is 22.0 Å². The Morgan fingerprint density at radius 2 is 1.89 bits per heavy atom. The minimum atomic E-state index is -0.125. The highest BCUT2D eigenvalue weighted by molar-refractivity contribution is 5.97. The first-order valence-electron chi connectivity index (χ1n) is 9.39. The quantitative estimate of drug-likeness (QED) is 0.727. The van der Waals surface area contributed by atoms with Gasteiger partial charge in [0, 0.05) is 24.6 Å². The smallest absolute Gasteiger partial charge is 0.272 e. The van der Waals surface area contributed by atoms with E-state index in [2.05, 4.69) is 29.4 Å².